The molecular formula is C11H20N4O2S. The second-order valence-electron chi connectivity index (χ2n) is 5.05. The third-order valence-electron chi connectivity index (χ3n) is 2.02. The summed E-state index contributed by atoms with van der Waals surface area (Å²) in [5, 5.41) is 9.73. The van der Waals surface area contributed by atoms with Gasteiger partial charge in [0.25, 0.3) is 0 Å². The van der Waals surface area contributed by atoms with Crippen molar-refractivity contribution in [2.45, 2.75) is 51.4 Å². The molecule has 0 aromatic carbocycles. The van der Waals surface area contributed by atoms with Crippen LogP contribution in [0.25, 0.3) is 0 Å². The van der Waals surface area contributed by atoms with Gasteiger partial charge in [-0.05, 0) is 27.2 Å². The van der Waals surface area contributed by atoms with Crippen molar-refractivity contribution in [1.29, 1.82) is 0 Å². The summed E-state index contributed by atoms with van der Waals surface area (Å²) in [6.07, 6.45) is 0.848. The largest absolute Gasteiger partial charge is 0.351 e. The Morgan fingerprint density at radius 2 is 2.17 bits per heavy atom. The van der Waals surface area contributed by atoms with Gasteiger partial charge in [0, 0.05) is 12.1 Å². The molecule has 6 nitrogen and oxygen atoms in total. The lowest BCUT2D eigenvalue weighted by Crippen LogP contribution is -2.41. The molecule has 1 aromatic heterocycles. The Labute approximate surface area is 111 Å². The summed E-state index contributed by atoms with van der Waals surface area (Å²) in [7, 11) is 0. The number of amides is 1. The maximum atomic E-state index is 11.7. The molecule has 7 heteroatoms. The third-order valence-corrected chi connectivity index (χ3v) is 2.99. The molecule has 0 bridgehead atoms. The lowest BCUT2D eigenvalue weighted by molar-refractivity contribution is -0.119. The van der Waals surface area contributed by atoms with Crippen molar-refractivity contribution >= 4 is 17.7 Å². The van der Waals surface area contributed by atoms with Crippen LogP contribution < -0.4 is 11.0 Å². The molecule has 102 valence electrons. The van der Waals surface area contributed by atoms with Crippen molar-refractivity contribution < 1.29 is 4.79 Å². The zero-order valence-electron chi connectivity index (χ0n) is 11.2. The molecule has 0 saturated carbocycles. The highest BCUT2D eigenvalue weighted by Crippen LogP contribution is 2.13. The summed E-state index contributed by atoms with van der Waals surface area (Å²) in [4.78, 5) is 23.1. The maximum absolute atomic E-state index is 11.7. The van der Waals surface area contributed by atoms with Crippen LogP contribution in [-0.2, 0) is 11.3 Å². The summed E-state index contributed by atoms with van der Waals surface area (Å²) in [5.74, 6) is 0.191. The van der Waals surface area contributed by atoms with Gasteiger partial charge in [0.05, 0.1) is 5.75 Å². The number of nitrogens with zero attached hydrogens (tertiary/aromatic N) is 2. The van der Waals surface area contributed by atoms with E-state index in [-0.39, 0.29) is 22.9 Å². The van der Waals surface area contributed by atoms with Gasteiger partial charge in [-0.3, -0.25) is 9.36 Å². The van der Waals surface area contributed by atoms with Crippen molar-refractivity contribution in [2.75, 3.05) is 5.75 Å². The fraction of sp³-hybridized carbons (Fsp3) is 0.727. The van der Waals surface area contributed by atoms with Crippen molar-refractivity contribution in [2.24, 2.45) is 0 Å². The number of nitrogens with one attached hydrogen (secondary N) is 2. The van der Waals surface area contributed by atoms with Gasteiger partial charge in [-0.2, -0.15) is 0 Å². The molecule has 0 aliphatic rings. The Morgan fingerprint density at radius 1 is 1.50 bits per heavy atom. The average molecular weight is 272 g/mol. The molecule has 0 spiro atoms. The minimum atomic E-state index is -0.244. The number of H-pyrrole nitrogens is 1. The standard InChI is InChI=1S/C11H20N4O2S/c1-5-6-15-9(17)13-14-10(15)18-7-8(16)12-11(2,3)4/h5-7H2,1-4H3,(H,12,16)(H,13,17). The Morgan fingerprint density at radius 3 is 2.72 bits per heavy atom. The Hall–Kier alpha value is -1.24. The van der Waals surface area contributed by atoms with E-state index in [1.165, 1.54) is 11.8 Å². The van der Waals surface area contributed by atoms with E-state index in [4.69, 9.17) is 0 Å². The zero-order chi connectivity index (χ0) is 13.8. The molecule has 0 radical (unpaired) electrons. The summed E-state index contributed by atoms with van der Waals surface area (Å²) in [6.45, 7) is 8.38. The first-order valence-corrected chi connectivity index (χ1v) is 6.91. The van der Waals surface area contributed by atoms with Crippen LogP contribution in [0.2, 0.25) is 0 Å². The molecule has 0 fully saturated rings. The highest BCUT2D eigenvalue weighted by atomic mass is 32.2. The number of hydrogen-bond acceptors (Lipinski definition) is 4. The fourth-order valence-electron chi connectivity index (χ4n) is 1.42. The second-order valence-corrected chi connectivity index (χ2v) is 5.99. The summed E-state index contributed by atoms with van der Waals surface area (Å²) in [5.41, 5.74) is -0.470. The Kier molecular flexibility index (Phi) is 5.01. The number of thioether (sulfide) groups is 1. The number of rotatable bonds is 5. The van der Waals surface area contributed by atoms with Crippen LogP contribution in [0.4, 0.5) is 0 Å². The molecule has 0 unspecified atom stereocenters. The average Bonchev–Trinajstić information content (AvgIpc) is 2.56. The maximum Gasteiger partial charge on any atom is 0.343 e. The van der Waals surface area contributed by atoms with Gasteiger partial charge in [0.1, 0.15) is 0 Å². The molecule has 0 aliphatic carbocycles. The van der Waals surface area contributed by atoms with E-state index in [0.717, 1.165) is 6.42 Å². The van der Waals surface area contributed by atoms with E-state index >= 15 is 0 Å². The summed E-state index contributed by atoms with van der Waals surface area (Å²) >= 11 is 1.27. The van der Waals surface area contributed by atoms with E-state index in [2.05, 4.69) is 15.5 Å². The molecule has 1 heterocycles. The van der Waals surface area contributed by atoms with E-state index in [0.29, 0.717) is 11.7 Å². The van der Waals surface area contributed by atoms with Gasteiger partial charge in [-0.25, -0.2) is 9.89 Å². The molecular weight excluding hydrogens is 252 g/mol. The predicted molar refractivity (Wildman–Crippen MR) is 71.8 cm³/mol. The monoisotopic (exact) mass is 272 g/mol. The first-order valence-electron chi connectivity index (χ1n) is 5.92. The summed E-state index contributed by atoms with van der Waals surface area (Å²) in [6, 6.07) is 0. The third kappa shape index (κ3) is 4.56. The van der Waals surface area contributed by atoms with Gasteiger partial charge in [0.15, 0.2) is 5.16 Å². The van der Waals surface area contributed by atoms with E-state index in [1.807, 2.05) is 27.7 Å². The van der Waals surface area contributed by atoms with E-state index < -0.39 is 0 Å². The molecule has 18 heavy (non-hydrogen) atoms. The van der Waals surface area contributed by atoms with Crippen LogP contribution >= 0.6 is 11.8 Å². The Bertz CT molecular complexity index is 458. The first-order chi connectivity index (χ1) is 8.33. The quantitative estimate of drug-likeness (QED) is 0.783. The van der Waals surface area contributed by atoms with Gasteiger partial charge >= 0.3 is 5.69 Å². The molecule has 1 rings (SSSR count). The number of hydrogen-bond donors (Lipinski definition) is 2. The van der Waals surface area contributed by atoms with E-state index in [1.54, 1.807) is 4.57 Å². The first kappa shape index (κ1) is 14.8. The minimum absolute atomic E-state index is 0.0639. The van der Waals surface area contributed by atoms with Crippen LogP contribution in [0.1, 0.15) is 34.1 Å². The van der Waals surface area contributed by atoms with Crippen LogP contribution in [0.5, 0.6) is 0 Å². The lowest BCUT2D eigenvalue weighted by Gasteiger charge is -2.20. The van der Waals surface area contributed by atoms with Crippen LogP contribution in [0.3, 0.4) is 0 Å². The van der Waals surface area contributed by atoms with Gasteiger partial charge < -0.3 is 5.32 Å². The molecule has 1 amide bonds. The highest BCUT2D eigenvalue weighted by Gasteiger charge is 2.15. The van der Waals surface area contributed by atoms with E-state index in [9.17, 15) is 9.59 Å². The van der Waals surface area contributed by atoms with Crippen LogP contribution in [0.15, 0.2) is 9.95 Å². The van der Waals surface area contributed by atoms with Crippen LogP contribution in [0, 0.1) is 0 Å². The van der Waals surface area contributed by atoms with Gasteiger partial charge in [-0.1, -0.05) is 18.7 Å². The van der Waals surface area contributed by atoms with Crippen molar-refractivity contribution in [3.05, 3.63) is 10.5 Å². The molecule has 1 aromatic rings. The van der Waals surface area contributed by atoms with Crippen molar-refractivity contribution in [3.8, 4) is 0 Å². The molecule has 0 saturated heterocycles. The number of aromatic amines is 1. The molecule has 0 atom stereocenters. The minimum Gasteiger partial charge on any atom is -0.351 e. The van der Waals surface area contributed by atoms with Crippen LogP contribution in [-0.4, -0.2) is 32.0 Å². The smallest absolute Gasteiger partial charge is 0.343 e. The Balaban J connectivity index is 2.59. The molecule has 2 N–H and O–H groups in total. The van der Waals surface area contributed by atoms with Crippen molar-refractivity contribution in [3.63, 3.8) is 0 Å². The van der Waals surface area contributed by atoms with Crippen molar-refractivity contribution in [1.82, 2.24) is 20.1 Å². The summed E-state index contributed by atoms with van der Waals surface area (Å²) < 4.78 is 1.55. The lowest BCUT2D eigenvalue weighted by atomic mass is 10.1. The van der Waals surface area contributed by atoms with Gasteiger partial charge in [0.2, 0.25) is 5.91 Å². The topological polar surface area (TPSA) is 79.8 Å². The fourth-order valence-corrected chi connectivity index (χ4v) is 2.19. The zero-order valence-corrected chi connectivity index (χ0v) is 12.1. The highest BCUT2D eigenvalue weighted by molar-refractivity contribution is 7.99. The molecule has 0 aliphatic heterocycles. The number of carbonyl (C=O) groups is 1. The second kappa shape index (κ2) is 6.08. The number of aromatic nitrogens is 3. The normalized spacial score (nSPS) is 11.6. The predicted octanol–water partition coefficient (Wildman–Crippen LogP) is 0.988. The number of carbonyl (C=O) groups excluding carboxylic acids is 1. The van der Waals surface area contributed by atoms with Gasteiger partial charge in [-0.15, -0.1) is 5.10 Å². The SMILES string of the molecule is CCCn1c(SCC(=O)NC(C)(C)C)n[nH]c1=O.